The van der Waals surface area contributed by atoms with Crippen molar-refractivity contribution in [2.45, 2.75) is 6.16 Å². The molecule has 5 nitrogen and oxygen atoms in total. The van der Waals surface area contributed by atoms with Gasteiger partial charge >= 0.3 is 13.6 Å². The van der Waals surface area contributed by atoms with E-state index in [1.807, 2.05) is 0 Å². The van der Waals surface area contributed by atoms with Crippen molar-refractivity contribution in [3.63, 3.8) is 0 Å². The number of fused-ring (bicyclic) bond motifs is 1. The number of hydrogen-bond acceptors (Lipinski definition) is 2. The van der Waals surface area contributed by atoms with Gasteiger partial charge in [0.15, 0.2) is 0 Å². The first-order valence-electron chi connectivity index (χ1n) is 5.16. The summed E-state index contributed by atoms with van der Waals surface area (Å²) in [5, 5.41) is 10.2. The van der Waals surface area contributed by atoms with Crippen LogP contribution in [-0.2, 0) is 10.7 Å². The smallest absolute Gasteiger partial charge is 0.336 e. The molecule has 3 N–H and O–H groups in total. The van der Waals surface area contributed by atoms with Crippen molar-refractivity contribution < 1.29 is 24.3 Å². The van der Waals surface area contributed by atoms with E-state index in [1.54, 1.807) is 24.3 Å². The minimum Gasteiger partial charge on any atom is -0.478 e. The van der Waals surface area contributed by atoms with Gasteiger partial charge in [-0.05, 0) is 22.4 Å². The Hall–Kier alpha value is -1.68. The lowest BCUT2D eigenvalue weighted by atomic mass is 10.0. The molecule has 0 radical (unpaired) electrons. The summed E-state index contributed by atoms with van der Waals surface area (Å²) >= 11 is 0. The van der Waals surface area contributed by atoms with E-state index in [2.05, 4.69) is 0 Å². The van der Waals surface area contributed by atoms with Crippen molar-refractivity contribution in [3.05, 3.63) is 47.5 Å². The van der Waals surface area contributed by atoms with Crippen molar-refractivity contribution in [2.75, 3.05) is 0 Å². The predicted molar refractivity (Wildman–Crippen MR) is 66.7 cm³/mol. The molecule has 0 heterocycles. The molecule has 0 saturated heterocycles. The van der Waals surface area contributed by atoms with Crippen molar-refractivity contribution in [3.8, 4) is 0 Å². The highest BCUT2D eigenvalue weighted by molar-refractivity contribution is 7.50. The molecule has 0 aliphatic carbocycles. The van der Waals surface area contributed by atoms with Gasteiger partial charge in [0.05, 0.1) is 11.7 Å². The van der Waals surface area contributed by atoms with Crippen LogP contribution in [-0.4, -0.2) is 20.9 Å². The standard InChI is InChI=1S/C12H11O5P/c13-12(14)11-3-1-2-9-6-8(4-5-10(9)11)7-18(15,16)17/h1-6H,7H2,(H,13,14)(H2,15,16,17). The summed E-state index contributed by atoms with van der Waals surface area (Å²) in [7, 11) is -4.11. The zero-order valence-electron chi connectivity index (χ0n) is 9.28. The normalized spacial score (nSPS) is 11.7. The third-order valence-electron chi connectivity index (χ3n) is 2.56. The molecular weight excluding hydrogens is 255 g/mol. The maximum atomic E-state index is 11.0. The third-order valence-corrected chi connectivity index (χ3v) is 3.34. The summed E-state index contributed by atoms with van der Waals surface area (Å²) in [6.45, 7) is 0. The SMILES string of the molecule is O=C(O)c1cccc2cc(CP(=O)(O)O)ccc12. The van der Waals surface area contributed by atoms with E-state index in [4.69, 9.17) is 14.9 Å². The molecule has 0 aromatic heterocycles. The molecule has 0 aliphatic rings. The molecule has 0 saturated carbocycles. The van der Waals surface area contributed by atoms with Crippen molar-refractivity contribution in [1.29, 1.82) is 0 Å². The molecule has 94 valence electrons. The van der Waals surface area contributed by atoms with E-state index in [1.165, 1.54) is 12.1 Å². The zero-order chi connectivity index (χ0) is 13.3. The average molecular weight is 266 g/mol. The van der Waals surface area contributed by atoms with Crippen LogP contribution in [0.4, 0.5) is 0 Å². The molecule has 2 aromatic rings. The van der Waals surface area contributed by atoms with Crippen LogP contribution in [0.25, 0.3) is 10.8 Å². The lowest BCUT2D eigenvalue weighted by Gasteiger charge is -2.07. The topological polar surface area (TPSA) is 94.8 Å². The van der Waals surface area contributed by atoms with Crippen LogP contribution in [0, 0.1) is 0 Å². The highest BCUT2D eigenvalue weighted by Crippen LogP contribution is 2.39. The monoisotopic (exact) mass is 266 g/mol. The van der Waals surface area contributed by atoms with E-state index in [0.717, 1.165) is 0 Å². The number of rotatable bonds is 3. The third kappa shape index (κ3) is 2.76. The highest BCUT2D eigenvalue weighted by atomic mass is 31.2. The van der Waals surface area contributed by atoms with Crippen molar-refractivity contribution in [1.82, 2.24) is 0 Å². The number of carboxylic acid groups (broad SMARTS) is 1. The molecule has 18 heavy (non-hydrogen) atoms. The molecule has 0 atom stereocenters. The van der Waals surface area contributed by atoms with E-state index in [9.17, 15) is 9.36 Å². The number of hydrogen-bond donors (Lipinski definition) is 3. The Morgan fingerprint density at radius 1 is 1.17 bits per heavy atom. The Morgan fingerprint density at radius 2 is 1.89 bits per heavy atom. The van der Waals surface area contributed by atoms with Gasteiger partial charge in [-0.2, -0.15) is 0 Å². The van der Waals surface area contributed by atoms with Gasteiger partial charge in [-0.25, -0.2) is 4.79 Å². The first-order valence-corrected chi connectivity index (χ1v) is 6.96. The van der Waals surface area contributed by atoms with E-state index in [-0.39, 0.29) is 11.7 Å². The van der Waals surface area contributed by atoms with Crippen LogP contribution < -0.4 is 0 Å². The minimum atomic E-state index is -4.11. The van der Waals surface area contributed by atoms with Gasteiger partial charge in [-0.15, -0.1) is 0 Å². The molecule has 0 bridgehead atoms. The molecule has 2 rings (SSSR count). The van der Waals surface area contributed by atoms with E-state index in [0.29, 0.717) is 16.3 Å². The first kappa shape index (κ1) is 12.8. The molecule has 0 aliphatic heterocycles. The minimum absolute atomic E-state index is 0.176. The van der Waals surface area contributed by atoms with Crippen LogP contribution in [0.2, 0.25) is 0 Å². The number of carboxylic acids is 1. The van der Waals surface area contributed by atoms with Crippen LogP contribution in [0.15, 0.2) is 36.4 Å². The summed E-state index contributed by atoms with van der Waals surface area (Å²) in [5.74, 6) is -1.02. The Labute approximate surface area is 103 Å². The molecule has 2 aromatic carbocycles. The Bertz CT molecular complexity index is 659. The number of carbonyl (C=O) groups is 1. The van der Waals surface area contributed by atoms with Crippen LogP contribution >= 0.6 is 7.60 Å². The fourth-order valence-corrected chi connectivity index (χ4v) is 2.53. The molecule has 0 unspecified atom stereocenters. The second-order valence-electron chi connectivity index (χ2n) is 3.99. The largest absolute Gasteiger partial charge is 0.478 e. The summed E-state index contributed by atoms with van der Waals surface area (Å²) in [5.41, 5.74) is 0.661. The van der Waals surface area contributed by atoms with E-state index >= 15 is 0 Å². The zero-order valence-corrected chi connectivity index (χ0v) is 10.2. The second-order valence-corrected chi connectivity index (χ2v) is 5.63. The highest BCUT2D eigenvalue weighted by Gasteiger charge is 2.15. The number of benzene rings is 2. The fourth-order valence-electron chi connectivity index (χ4n) is 1.86. The maximum Gasteiger partial charge on any atom is 0.336 e. The van der Waals surface area contributed by atoms with Crippen molar-refractivity contribution in [2.24, 2.45) is 0 Å². The van der Waals surface area contributed by atoms with Gasteiger partial charge in [-0.1, -0.05) is 30.3 Å². The van der Waals surface area contributed by atoms with Crippen LogP contribution in [0.3, 0.4) is 0 Å². The molecular formula is C12H11O5P. The summed E-state index contributed by atoms with van der Waals surface area (Å²) in [6.07, 6.45) is -0.347. The lowest BCUT2D eigenvalue weighted by Crippen LogP contribution is -1.97. The van der Waals surface area contributed by atoms with Gasteiger partial charge < -0.3 is 14.9 Å². The Kier molecular flexibility index (Phi) is 3.22. The molecule has 0 fully saturated rings. The Balaban J connectivity index is 2.54. The Morgan fingerprint density at radius 3 is 2.50 bits per heavy atom. The van der Waals surface area contributed by atoms with Crippen LogP contribution in [0.5, 0.6) is 0 Å². The number of aromatic carboxylic acids is 1. The quantitative estimate of drug-likeness (QED) is 0.740. The molecule has 0 spiro atoms. The summed E-state index contributed by atoms with van der Waals surface area (Å²) in [4.78, 5) is 28.8. The summed E-state index contributed by atoms with van der Waals surface area (Å²) < 4.78 is 10.9. The predicted octanol–water partition coefficient (Wildman–Crippen LogP) is 2.22. The van der Waals surface area contributed by atoms with Gasteiger partial charge in [0.1, 0.15) is 0 Å². The average Bonchev–Trinajstić information content (AvgIpc) is 2.25. The fraction of sp³-hybridized carbons (Fsp3) is 0.0833. The first-order chi connectivity index (χ1) is 8.37. The molecule has 0 amide bonds. The van der Waals surface area contributed by atoms with Gasteiger partial charge in [-0.3, -0.25) is 4.57 Å². The second kappa shape index (κ2) is 4.53. The maximum absolute atomic E-state index is 11.0. The van der Waals surface area contributed by atoms with E-state index < -0.39 is 13.6 Å². The molecule has 6 heteroatoms. The lowest BCUT2D eigenvalue weighted by molar-refractivity contribution is 0.0699. The van der Waals surface area contributed by atoms with Gasteiger partial charge in [0.2, 0.25) is 0 Å². The van der Waals surface area contributed by atoms with Crippen LogP contribution in [0.1, 0.15) is 15.9 Å². The van der Waals surface area contributed by atoms with Crippen molar-refractivity contribution >= 4 is 24.3 Å². The summed E-state index contributed by atoms with van der Waals surface area (Å²) in [6, 6.07) is 9.52. The van der Waals surface area contributed by atoms with Gasteiger partial charge in [0, 0.05) is 0 Å². The van der Waals surface area contributed by atoms with Gasteiger partial charge in [0.25, 0.3) is 0 Å².